The van der Waals surface area contributed by atoms with Crippen LogP contribution < -0.4 is 0 Å². The summed E-state index contributed by atoms with van der Waals surface area (Å²) < 4.78 is 0. The topological polar surface area (TPSA) is 74.6 Å². The van der Waals surface area contributed by atoms with E-state index in [-0.39, 0.29) is 11.8 Å². The molecular weight excluding hydrogens is 364 g/mol. The van der Waals surface area contributed by atoms with Gasteiger partial charge < -0.3 is 10.2 Å². The Morgan fingerprint density at radius 3 is 1.86 bits per heavy atom. The van der Waals surface area contributed by atoms with Gasteiger partial charge in [0.05, 0.1) is 11.3 Å². The quantitative estimate of drug-likeness (QED) is 0.262. The highest BCUT2D eigenvalue weighted by Crippen LogP contribution is 2.51. The smallest absolute Gasteiger partial charge is 0.309 e. The molecule has 3 atom stereocenters. The summed E-state index contributed by atoms with van der Waals surface area (Å²) in [6.07, 6.45) is 17.1. The molecule has 2 N–H and O–H groups in total. The first kappa shape index (κ1) is 26.0. The molecule has 0 radical (unpaired) electrons. The maximum absolute atomic E-state index is 12.3. The molecule has 29 heavy (non-hydrogen) atoms. The first-order valence-electron chi connectivity index (χ1n) is 12.3. The van der Waals surface area contributed by atoms with Gasteiger partial charge >= 0.3 is 11.9 Å². The van der Waals surface area contributed by atoms with Gasteiger partial charge in [-0.3, -0.25) is 9.59 Å². The van der Waals surface area contributed by atoms with E-state index in [1.807, 2.05) is 13.8 Å². The number of aliphatic carboxylic acids is 2. The fourth-order valence-electron chi connectivity index (χ4n) is 5.55. The zero-order valence-corrected chi connectivity index (χ0v) is 19.3. The molecule has 0 heterocycles. The van der Waals surface area contributed by atoms with Crippen molar-refractivity contribution in [3.63, 3.8) is 0 Å². The number of carbonyl (C=O) groups is 2. The average molecular weight is 411 g/mol. The van der Waals surface area contributed by atoms with Gasteiger partial charge in [0.25, 0.3) is 0 Å². The Bertz CT molecular complexity index is 473. The minimum atomic E-state index is -0.853. The molecule has 170 valence electrons. The summed E-state index contributed by atoms with van der Waals surface area (Å²) in [5.74, 6) is -2.04. The zero-order chi connectivity index (χ0) is 21.7. The molecule has 0 aromatic carbocycles. The molecule has 4 nitrogen and oxygen atoms in total. The number of hydrogen-bond donors (Lipinski definition) is 2. The molecule has 0 aliphatic heterocycles. The number of unbranched alkanes of at least 4 members (excludes halogenated alkanes) is 10. The molecular formula is C25H46O4. The van der Waals surface area contributed by atoms with E-state index in [2.05, 4.69) is 6.92 Å². The number of rotatable bonds is 16. The molecule has 1 fully saturated rings. The summed E-state index contributed by atoms with van der Waals surface area (Å²) in [6.45, 7) is 6.35. The minimum absolute atomic E-state index is 0.229. The minimum Gasteiger partial charge on any atom is -0.481 e. The van der Waals surface area contributed by atoms with Crippen molar-refractivity contribution in [1.29, 1.82) is 0 Å². The van der Waals surface area contributed by atoms with Crippen LogP contribution >= 0.6 is 0 Å². The Morgan fingerprint density at radius 2 is 1.41 bits per heavy atom. The Labute approximate surface area is 178 Å². The van der Waals surface area contributed by atoms with Crippen molar-refractivity contribution >= 4 is 11.9 Å². The van der Waals surface area contributed by atoms with Crippen molar-refractivity contribution < 1.29 is 19.8 Å². The van der Waals surface area contributed by atoms with E-state index >= 15 is 0 Å². The summed E-state index contributed by atoms with van der Waals surface area (Å²) >= 11 is 0. The number of hydrogen-bond acceptors (Lipinski definition) is 2. The Kier molecular flexibility index (Phi) is 12.6. The maximum atomic E-state index is 12.3. The van der Waals surface area contributed by atoms with E-state index in [0.29, 0.717) is 25.7 Å². The van der Waals surface area contributed by atoms with Gasteiger partial charge in [-0.1, -0.05) is 97.8 Å². The molecule has 0 amide bonds. The predicted octanol–water partition coefficient (Wildman–Crippen LogP) is 7.31. The maximum Gasteiger partial charge on any atom is 0.309 e. The van der Waals surface area contributed by atoms with Crippen molar-refractivity contribution in [3.05, 3.63) is 0 Å². The monoisotopic (exact) mass is 410 g/mol. The third kappa shape index (κ3) is 8.68. The second-order valence-electron chi connectivity index (χ2n) is 9.83. The lowest BCUT2D eigenvalue weighted by Gasteiger charge is -2.45. The van der Waals surface area contributed by atoms with Crippen molar-refractivity contribution in [2.75, 3.05) is 0 Å². The van der Waals surface area contributed by atoms with E-state index in [1.54, 1.807) is 0 Å². The first-order chi connectivity index (χ1) is 13.8. The fourth-order valence-corrected chi connectivity index (χ4v) is 5.55. The van der Waals surface area contributed by atoms with E-state index in [4.69, 9.17) is 0 Å². The van der Waals surface area contributed by atoms with Gasteiger partial charge in [-0.2, -0.15) is 0 Å². The second-order valence-corrected chi connectivity index (χ2v) is 9.83. The molecule has 0 spiro atoms. The van der Waals surface area contributed by atoms with Gasteiger partial charge in [-0.15, -0.1) is 0 Å². The predicted molar refractivity (Wildman–Crippen MR) is 119 cm³/mol. The summed E-state index contributed by atoms with van der Waals surface area (Å²) in [7, 11) is 0. The third-order valence-electron chi connectivity index (χ3n) is 6.97. The largest absolute Gasteiger partial charge is 0.481 e. The Morgan fingerprint density at radius 1 is 0.897 bits per heavy atom. The highest BCUT2D eigenvalue weighted by atomic mass is 16.4. The summed E-state index contributed by atoms with van der Waals surface area (Å²) in [5, 5.41) is 19.8. The molecule has 0 aromatic heterocycles. The molecule has 3 unspecified atom stereocenters. The van der Waals surface area contributed by atoms with Crippen LogP contribution in [-0.4, -0.2) is 22.2 Å². The molecule has 0 aromatic rings. The summed E-state index contributed by atoms with van der Waals surface area (Å²) in [5.41, 5.74) is -0.853. The lowest BCUT2D eigenvalue weighted by molar-refractivity contribution is -0.165. The van der Waals surface area contributed by atoms with Gasteiger partial charge in [-0.25, -0.2) is 0 Å². The van der Waals surface area contributed by atoms with Crippen molar-refractivity contribution in [2.45, 2.75) is 124 Å². The lowest BCUT2D eigenvalue weighted by atomic mass is 9.57. The normalized spacial score (nSPS) is 24.7. The van der Waals surface area contributed by atoms with Crippen LogP contribution in [0, 0.1) is 23.2 Å². The molecule has 0 saturated heterocycles. The Hall–Kier alpha value is -1.06. The van der Waals surface area contributed by atoms with E-state index in [0.717, 1.165) is 19.3 Å². The number of carboxylic acid groups (broad SMARTS) is 2. The molecule has 4 heteroatoms. The molecule has 1 aliphatic carbocycles. The Balaban J connectivity index is 2.47. The lowest BCUT2D eigenvalue weighted by Crippen LogP contribution is -2.48. The van der Waals surface area contributed by atoms with Gasteiger partial charge in [0.1, 0.15) is 0 Å². The molecule has 1 aliphatic rings. The molecule has 0 bridgehead atoms. The van der Waals surface area contributed by atoms with Crippen LogP contribution in [0.4, 0.5) is 0 Å². The van der Waals surface area contributed by atoms with Crippen molar-refractivity contribution in [1.82, 2.24) is 0 Å². The van der Waals surface area contributed by atoms with Crippen LogP contribution in [-0.2, 0) is 9.59 Å². The summed E-state index contributed by atoms with van der Waals surface area (Å²) in [4.78, 5) is 24.2. The van der Waals surface area contributed by atoms with Gasteiger partial charge in [0.2, 0.25) is 0 Å². The highest BCUT2D eigenvalue weighted by molar-refractivity contribution is 5.78. The van der Waals surface area contributed by atoms with Crippen LogP contribution in [0.5, 0.6) is 0 Å². The molecule has 1 rings (SSSR count). The fraction of sp³-hybridized carbons (Fsp3) is 0.920. The van der Waals surface area contributed by atoms with Crippen LogP contribution in [0.1, 0.15) is 124 Å². The van der Waals surface area contributed by atoms with E-state index in [1.165, 1.54) is 57.8 Å². The van der Waals surface area contributed by atoms with Gasteiger partial charge in [0, 0.05) is 0 Å². The van der Waals surface area contributed by atoms with Crippen LogP contribution in [0.25, 0.3) is 0 Å². The average Bonchev–Trinajstić information content (AvgIpc) is 2.66. The molecule has 1 saturated carbocycles. The second kappa shape index (κ2) is 14.0. The van der Waals surface area contributed by atoms with Crippen LogP contribution in [0.3, 0.4) is 0 Å². The van der Waals surface area contributed by atoms with E-state index in [9.17, 15) is 19.8 Å². The van der Waals surface area contributed by atoms with Gasteiger partial charge in [0.15, 0.2) is 0 Å². The SMILES string of the molecule is CCCCCCCCCCCCCC1C(C(=O)O)CCCC1(CC(C)C)C(=O)O. The first-order valence-corrected chi connectivity index (χ1v) is 12.3. The highest BCUT2D eigenvalue weighted by Gasteiger charge is 2.52. The van der Waals surface area contributed by atoms with Crippen LogP contribution in [0.2, 0.25) is 0 Å². The van der Waals surface area contributed by atoms with Crippen molar-refractivity contribution in [3.8, 4) is 0 Å². The standard InChI is InChI=1S/C25H46O4/c1-4-5-6-7-8-9-10-11-12-13-14-17-22-21(23(26)27)16-15-18-25(22,24(28)29)19-20(2)3/h20-22H,4-19H2,1-3H3,(H,26,27)(H,28,29). The van der Waals surface area contributed by atoms with Gasteiger partial charge in [-0.05, 0) is 37.5 Å². The summed E-state index contributed by atoms with van der Waals surface area (Å²) in [6, 6.07) is 0. The number of carboxylic acids is 2. The van der Waals surface area contributed by atoms with Crippen LogP contribution in [0.15, 0.2) is 0 Å². The van der Waals surface area contributed by atoms with E-state index < -0.39 is 23.3 Å². The zero-order valence-electron chi connectivity index (χ0n) is 19.3. The third-order valence-corrected chi connectivity index (χ3v) is 6.97. The van der Waals surface area contributed by atoms with Crippen molar-refractivity contribution in [2.24, 2.45) is 23.2 Å².